The molecule has 0 saturated carbocycles. The molecule has 29 heavy (non-hydrogen) atoms. The lowest BCUT2D eigenvalue weighted by Gasteiger charge is -2.42. The summed E-state index contributed by atoms with van der Waals surface area (Å²) in [4.78, 5) is 0.474. The normalized spacial score (nSPS) is 14.9. The summed E-state index contributed by atoms with van der Waals surface area (Å²) in [7, 11) is 3.22. The Morgan fingerprint density at radius 1 is 0.862 bits per heavy atom. The minimum absolute atomic E-state index is 0.474. The Kier molecular flexibility index (Phi) is 5.33. The van der Waals surface area contributed by atoms with E-state index in [1.807, 2.05) is 0 Å². The molecule has 0 saturated heterocycles. The van der Waals surface area contributed by atoms with Crippen molar-refractivity contribution in [3.05, 3.63) is 23.5 Å². The first-order valence-corrected chi connectivity index (χ1v) is 7.76. The summed E-state index contributed by atoms with van der Waals surface area (Å²) in [5.74, 6) is -18.0. The average molecular weight is 419 g/mol. The second-order valence-electron chi connectivity index (χ2n) is 6.34. The highest BCUT2D eigenvalue weighted by Gasteiger charge is 2.58. The summed E-state index contributed by atoms with van der Waals surface area (Å²) >= 11 is 0. The number of benzene rings is 1. The maximum absolute atomic E-state index is 11.1. The number of likely N-dealkylation sites (N-methyl/N-ethyl adjacent to an activating group) is 1. The monoisotopic (exact) mass is 419 g/mol. The van der Waals surface area contributed by atoms with E-state index in [2.05, 4.69) is 5.10 Å². The van der Waals surface area contributed by atoms with Crippen LogP contribution in [0.3, 0.4) is 0 Å². The molecule has 0 bridgehead atoms. The molecule has 0 fully saturated rings. The zero-order valence-corrected chi connectivity index (χ0v) is 15.4. The molecule has 14 heteroatoms. The van der Waals surface area contributed by atoms with Gasteiger partial charge in [0.15, 0.2) is 11.5 Å². The molecule has 2 aromatic rings. The van der Waals surface area contributed by atoms with Crippen molar-refractivity contribution in [1.82, 2.24) is 14.7 Å². The van der Waals surface area contributed by atoms with Crippen LogP contribution in [0.25, 0.3) is 0 Å². The van der Waals surface area contributed by atoms with Gasteiger partial charge in [-0.2, -0.15) is 5.10 Å². The highest BCUT2D eigenvalue weighted by Crippen LogP contribution is 2.56. The smallest absolute Gasteiger partial charge is 0.354 e. The predicted molar refractivity (Wildman–Crippen MR) is 90.1 cm³/mol. The van der Waals surface area contributed by atoms with Crippen LogP contribution in [0.1, 0.15) is 11.3 Å². The Bertz CT molecular complexity index is 895. The summed E-state index contributed by atoms with van der Waals surface area (Å²) in [6.07, 6.45) is 1.07. The summed E-state index contributed by atoms with van der Waals surface area (Å²) < 4.78 is 5.58. The molecule has 14 nitrogen and oxygen atoms in total. The first-order valence-electron chi connectivity index (χ1n) is 7.76. The molecule has 10 N–H and O–H groups in total. The summed E-state index contributed by atoms with van der Waals surface area (Å²) in [6.45, 7) is 0. The zero-order chi connectivity index (χ0) is 22.5. The molecule has 1 atom stereocenters. The lowest BCUT2D eigenvalue weighted by atomic mass is 9.97. The topological polar surface area (TPSA) is 233 Å². The van der Waals surface area contributed by atoms with Crippen molar-refractivity contribution in [1.29, 1.82) is 0 Å². The second-order valence-corrected chi connectivity index (χ2v) is 6.34. The molecule has 1 unspecified atom stereocenters. The third-order valence-electron chi connectivity index (χ3n) is 4.23. The van der Waals surface area contributed by atoms with Crippen LogP contribution in [0.2, 0.25) is 0 Å². The number of phenolic OH excluding ortho intramolecular Hbond substituents is 5. The van der Waals surface area contributed by atoms with Crippen molar-refractivity contribution in [3.63, 3.8) is 0 Å². The molecule has 0 aliphatic carbocycles. The van der Waals surface area contributed by atoms with Gasteiger partial charge in [0.2, 0.25) is 23.0 Å². The molecule has 1 aromatic carbocycles. The van der Waals surface area contributed by atoms with Crippen molar-refractivity contribution in [2.75, 3.05) is 14.1 Å². The van der Waals surface area contributed by atoms with Crippen LogP contribution in [0.5, 0.6) is 28.7 Å². The van der Waals surface area contributed by atoms with Crippen molar-refractivity contribution >= 4 is 0 Å². The van der Waals surface area contributed by atoms with Crippen LogP contribution in [0.15, 0.2) is 12.3 Å². The summed E-state index contributed by atoms with van der Waals surface area (Å²) in [5, 5.41) is 104. The zero-order valence-electron chi connectivity index (χ0n) is 15.4. The quantitative estimate of drug-likeness (QED) is 0.128. The Morgan fingerprint density at radius 2 is 1.31 bits per heavy atom. The van der Waals surface area contributed by atoms with E-state index >= 15 is 0 Å². The van der Waals surface area contributed by atoms with Crippen LogP contribution in [0.4, 0.5) is 0 Å². The van der Waals surface area contributed by atoms with Gasteiger partial charge in [-0.3, -0.25) is 14.3 Å². The van der Waals surface area contributed by atoms with Gasteiger partial charge in [0, 0.05) is 13.2 Å². The molecule has 0 aliphatic rings. The van der Waals surface area contributed by atoms with Gasteiger partial charge >= 0.3 is 11.9 Å². The minimum atomic E-state index is -4.02. The molecule has 1 aromatic heterocycles. The molecule has 162 valence electrons. The Balaban J connectivity index is 2.86. The third kappa shape index (κ3) is 3.28. The van der Waals surface area contributed by atoms with Gasteiger partial charge in [0.1, 0.15) is 11.3 Å². The van der Waals surface area contributed by atoms with Gasteiger partial charge < -0.3 is 51.1 Å². The second kappa shape index (κ2) is 6.89. The van der Waals surface area contributed by atoms with Gasteiger partial charge in [-0.15, -0.1) is 0 Å². The van der Waals surface area contributed by atoms with Crippen LogP contribution in [-0.2, 0) is 17.6 Å². The van der Waals surface area contributed by atoms with Crippen molar-refractivity contribution in [2.24, 2.45) is 7.05 Å². The number of hydrogen-bond donors (Lipinski definition) is 10. The van der Waals surface area contributed by atoms with E-state index in [1.54, 1.807) is 0 Å². The van der Waals surface area contributed by atoms with E-state index in [0.29, 0.717) is 4.90 Å². The minimum Gasteiger partial charge on any atom is -0.504 e. The number of aromatic hydroxyl groups is 5. The van der Waals surface area contributed by atoms with Crippen LogP contribution >= 0.6 is 0 Å². The third-order valence-corrected chi connectivity index (χ3v) is 4.23. The van der Waals surface area contributed by atoms with E-state index in [1.165, 1.54) is 7.05 Å². The van der Waals surface area contributed by atoms with Crippen LogP contribution < -0.4 is 0 Å². The lowest BCUT2D eigenvalue weighted by Crippen LogP contribution is -2.66. The van der Waals surface area contributed by atoms with Gasteiger partial charge in [-0.1, -0.05) is 0 Å². The van der Waals surface area contributed by atoms with E-state index < -0.39 is 57.7 Å². The molecule has 0 amide bonds. The lowest BCUT2D eigenvalue weighted by molar-refractivity contribution is -0.525. The van der Waals surface area contributed by atoms with Gasteiger partial charge in [0.25, 0.3) is 0 Å². The number of hydrogen-bond acceptors (Lipinski definition) is 13. The molecular formula is C15H21N3O11. The highest BCUT2D eigenvalue weighted by atomic mass is 16.8. The Morgan fingerprint density at radius 3 is 1.69 bits per heavy atom. The Labute approximate surface area is 162 Å². The van der Waals surface area contributed by atoms with Gasteiger partial charge in [-0.05, 0) is 20.2 Å². The molecular weight excluding hydrogens is 398 g/mol. The number of phenols is 5. The maximum atomic E-state index is 11.1. The van der Waals surface area contributed by atoms with Crippen molar-refractivity contribution in [2.45, 2.75) is 17.7 Å². The average Bonchev–Trinajstić information content (AvgIpc) is 3.04. The number of nitrogens with zero attached hydrogens (tertiary/aromatic N) is 3. The van der Waals surface area contributed by atoms with Crippen molar-refractivity contribution in [3.8, 4) is 28.7 Å². The predicted octanol–water partition coefficient (Wildman–Crippen LogP) is -3.00. The largest absolute Gasteiger partial charge is 0.504 e. The van der Waals surface area contributed by atoms with Crippen LogP contribution in [-0.4, -0.2) is 91.7 Å². The summed E-state index contributed by atoms with van der Waals surface area (Å²) in [5.41, 5.74) is -1.83. The van der Waals surface area contributed by atoms with E-state index in [9.17, 15) is 51.1 Å². The first kappa shape index (κ1) is 22.4. The molecule has 1 heterocycles. The fraction of sp³-hybridized carbons (Fsp3) is 0.400. The summed E-state index contributed by atoms with van der Waals surface area (Å²) in [6, 6.07) is 1.00. The number of ether oxygens (including phenoxy) is 1. The number of rotatable bonds is 6. The highest BCUT2D eigenvalue weighted by molar-refractivity contribution is 5.69. The van der Waals surface area contributed by atoms with E-state index in [0.717, 1.165) is 31.0 Å². The number of aliphatic hydroxyl groups is 5. The first-order chi connectivity index (χ1) is 13.1. The van der Waals surface area contributed by atoms with Gasteiger partial charge in [-0.25, -0.2) is 0 Å². The number of aryl methyl sites for hydroxylation is 1. The molecule has 0 spiro atoms. The Hall–Kier alpha value is -2.85. The SMILES string of the molecule is CN(C)C(O)(O)C(O)(O)OC(O)(c1c(O)c(O)c(O)c(O)c1O)c1ccnn1C. The van der Waals surface area contributed by atoms with Crippen molar-refractivity contribution < 1.29 is 55.8 Å². The van der Waals surface area contributed by atoms with E-state index in [-0.39, 0.29) is 0 Å². The fourth-order valence-corrected chi connectivity index (χ4v) is 2.51. The standard InChI is InChI=1S/C15H21N3O11/c1-17(2)14(25,26)15(27,28)29-13(24,6-4-5-16-18(6)3)7-8(19)10(21)12(23)11(22)9(7)20/h4-5,19-28H,1-3H3. The molecule has 0 aliphatic heterocycles. The maximum Gasteiger partial charge on any atom is 0.354 e. The molecule has 0 radical (unpaired) electrons. The van der Waals surface area contributed by atoms with Crippen LogP contribution in [0, 0.1) is 0 Å². The van der Waals surface area contributed by atoms with E-state index in [4.69, 9.17) is 4.74 Å². The molecule has 2 rings (SSSR count). The number of aromatic nitrogens is 2. The van der Waals surface area contributed by atoms with Gasteiger partial charge in [0.05, 0.1) is 0 Å². The fourth-order valence-electron chi connectivity index (χ4n) is 2.51.